The van der Waals surface area contributed by atoms with Crippen LogP contribution >= 0.6 is 11.3 Å². The highest BCUT2D eigenvalue weighted by atomic mass is 32.1. The third-order valence-electron chi connectivity index (χ3n) is 5.92. The minimum atomic E-state index is -0.364. The summed E-state index contributed by atoms with van der Waals surface area (Å²) in [5.41, 5.74) is 1.97. The molecule has 2 heterocycles. The average molecular weight is 486 g/mol. The second-order valence-electron chi connectivity index (χ2n) is 10.6. The number of nitrogens with zero attached hydrogens (tertiary/aromatic N) is 2. The average Bonchev–Trinajstić information content (AvgIpc) is 3.23. The van der Waals surface area contributed by atoms with Gasteiger partial charge in [0.05, 0.1) is 6.04 Å². The van der Waals surface area contributed by atoms with Crippen LogP contribution in [-0.2, 0) is 11.2 Å². The van der Waals surface area contributed by atoms with Crippen LogP contribution in [0.2, 0.25) is 0 Å². The van der Waals surface area contributed by atoms with E-state index >= 15 is 0 Å². The minimum Gasteiger partial charge on any atom is -0.491 e. The molecule has 1 atom stereocenters. The van der Waals surface area contributed by atoms with Crippen LogP contribution in [0.15, 0.2) is 35.7 Å². The molecule has 0 aliphatic carbocycles. The van der Waals surface area contributed by atoms with Gasteiger partial charge in [0.25, 0.3) is 0 Å². The highest BCUT2D eigenvalue weighted by Gasteiger charge is 2.34. The van der Waals surface area contributed by atoms with Crippen LogP contribution in [0.25, 0.3) is 0 Å². The van der Waals surface area contributed by atoms with Crippen molar-refractivity contribution in [2.45, 2.75) is 66.0 Å². The second-order valence-corrected chi connectivity index (χ2v) is 11.6. The molecule has 3 rings (SSSR count). The maximum Gasteiger partial charge on any atom is 0.318 e. The van der Waals surface area contributed by atoms with Crippen LogP contribution in [0, 0.1) is 12.8 Å². The lowest BCUT2D eigenvalue weighted by Gasteiger charge is -2.37. The lowest BCUT2D eigenvalue weighted by Crippen LogP contribution is -2.53. The van der Waals surface area contributed by atoms with Gasteiger partial charge in [0.15, 0.2) is 0 Å². The van der Waals surface area contributed by atoms with Crippen molar-refractivity contribution in [2.24, 2.45) is 5.92 Å². The van der Waals surface area contributed by atoms with Crippen molar-refractivity contribution in [2.75, 3.05) is 26.2 Å². The summed E-state index contributed by atoms with van der Waals surface area (Å²) in [6, 6.07) is 9.71. The van der Waals surface area contributed by atoms with E-state index in [0.29, 0.717) is 25.6 Å². The molecule has 7 heteroatoms. The van der Waals surface area contributed by atoms with Crippen molar-refractivity contribution in [1.82, 2.24) is 15.1 Å². The maximum absolute atomic E-state index is 13.6. The van der Waals surface area contributed by atoms with Crippen molar-refractivity contribution >= 4 is 23.3 Å². The van der Waals surface area contributed by atoms with Crippen molar-refractivity contribution in [1.29, 1.82) is 0 Å². The van der Waals surface area contributed by atoms with Gasteiger partial charge in [-0.3, -0.25) is 4.79 Å². The van der Waals surface area contributed by atoms with Crippen molar-refractivity contribution in [3.63, 3.8) is 0 Å². The summed E-state index contributed by atoms with van der Waals surface area (Å²) in [6.07, 6.45) is 1.68. The lowest BCUT2D eigenvalue weighted by atomic mass is 10.0. The largest absolute Gasteiger partial charge is 0.491 e. The quantitative estimate of drug-likeness (QED) is 0.543. The molecule has 6 nitrogen and oxygen atoms in total. The van der Waals surface area contributed by atoms with E-state index in [-0.39, 0.29) is 30.1 Å². The molecular formula is C27H39N3O3S. The van der Waals surface area contributed by atoms with E-state index in [1.54, 1.807) is 16.2 Å². The fourth-order valence-corrected chi connectivity index (χ4v) is 4.93. The Hall–Kier alpha value is -2.54. The zero-order valence-electron chi connectivity index (χ0n) is 21.4. The Kier molecular flexibility index (Phi) is 8.63. The second kappa shape index (κ2) is 11.3. The molecule has 0 saturated heterocycles. The number of ether oxygens (including phenoxy) is 1. The number of rotatable bonds is 8. The van der Waals surface area contributed by atoms with Gasteiger partial charge >= 0.3 is 6.03 Å². The minimum absolute atomic E-state index is 0.0397. The molecule has 1 N–H and O–H groups in total. The van der Waals surface area contributed by atoms with Gasteiger partial charge in [-0.1, -0.05) is 31.5 Å². The third kappa shape index (κ3) is 7.23. The molecule has 34 heavy (non-hydrogen) atoms. The molecule has 0 radical (unpaired) electrons. The van der Waals surface area contributed by atoms with Gasteiger partial charge in [-0.05, 0) is 75.6 Å². The molecule has 3 amide bonds. The predicted octanol–water partition coefficient (Wildman–Crippen LogP) is 5.42. The molecule has 1 aliphatic rings. The fraction of sp³-hybridized carbons (Fsp3) is 0.556. The molecule has 0 spiro atoms. The van der Waals surface area contributed by atoms with E-state index in [0.717, 1.165) is 24.2 Å². The lowest BCUT2D eigenvalue weighted by molar-refractivity contribution is -0.135. The van der Waals surface area contributed by atoms with Gasteiger partial charge in [0.1, 0.15) is 18.9 Å². The van der Waals surface area contributed by atoms with Gasteiger partial charge in [-0.15, -0.1) is 11.3 Å². The van der Waals surface area contributed by atoms with Crippen LogP contribution in [0.1, 0.15) is 63.1 Å². The molecular weight excluding hydrogens is 446 g/mol. The number of hydrogen-bond donors (Lipinski definition) is 1. The molecule has 186 valence electrons. The first-order chi connectivity index (χ1) is 16.0. The molecule has 1 aliphatic heterocycles. The third-order valence-corrected chi connectivity index (χ3v) is 6.91. The summed E-state index contributed by atoms with van der Waals surface area (Å²) < 4.78 is 6.12. The predicted molar refractivity (Wildman–Crippen MR) is 138 cm³/mol. The molecule has 2 aromatic rings. The van der Waals surface area contributed by atoms with E-state index in [1.807, 2.05) is 56.9 Å². The van der Waals surface area contributed by atoms with Gasteiger partial charge < -0.3 is 19.9 Å². The normalized spacial score (nSPS) is 15.7. The summed E-state index contributed by atoms with van der Waals surface area (Å²) >= 11 is 1.73. The molecule has 0 unspecified atom stereocenters. The topological polar surface area (TPSA) is 61.9 Å². The van der Waals surface area contributed by atoms with Gasteiger partial charge in [-0.25, -0.2) is 4.79 Å². The summed E-state index contributed by atoms with van der Waals surface area (Å²) in [5, 5.41) is 5.10. The van der Waals surface area contributed by atoms with E-state index in [2.05, 4.69) is 30.6 Å². The summed E-state index contributed by atoms with van der Waals surface area (Å²) in [7, 11) is 0. The van der Waals surface area contributed by atoms with Crippen molar-refractivity contribution < 1.29 is 14.3 Å². The molecule has 0 fully saturated rings. The van der Waals surface area contributed by atoms with Gasteiger partial charge in [-0.2, -0.15) is 0 Å². The Labute approximate surface area is 208 Å². The first kappa shape index (κ1) is 26.1. The Bertz CT molecular complexity index is 962. The standard InChI is InChI=1S/C27H39N3O3S/c1-19(2)11-14-29(26(32)28-27(4,5)6)17-25(31)30-15-12-24-22(13-16-34-24)23(30)18-33-21-9-7-20(3)8-10-21/h7-10,13,16,19,23H,11-12,14-15,17-18H2,1-6H3,(H,28,32)/t23-/m1/s1. The van der Waals surface area contributed by atoms with Crippen LogP contribution in [-0.4, -0.2) is 53.5 Å². The Morgan fingerprint density at radius 3 is 2.56 bits per heavy atom. The van der Waals surface area contributed by atoms with Crippen LogP contribution in [0.3, 0.4) is 0 Å². The number of aryl methyl sites for hydroxylation is 1. The van der Waals surface area contributed by atoms with Gasteiger partial charge in [0, 0.05) is 23.5 Å². The van der Waals surface area contributed by atoms with E-state index < -0.39 is 0 Å². The van der Waals surface area contributed by atoms with E-state index in [1.165, 1.54) is 10.4 Å². The van der Waals surface area contributed by atoms with E-state index in [4.69, 9.17) is 4.74 Å². The number of carbonyl (C=O) groups excluding carboxylic acids is 2. The first-order valence-electron chi connectivity index (χ1n) is 12.2. The van der Waals surface area contributed by atoms with Gasteiger partial charge in [0.2, 0.25) is 5.91 Å². The van der Waals surface area contributed by atoms with Crippen molar-refractivity contribution in [3.8, 4) is 5.75 Å². The zero-order valence-corrected chi connectivity index (χ0v) is 22.2. The number of hydrogen-bond acceptors (Lipinski definition) is 4. The number of carbonyl (C=O) groups is 2. The zero-order chi connectivity index (χ0) is 24.9. The number of benzene rings is 1. The van der Waals surface area contributed by atoms with Crippen LogP contribution < -0.4 is 10.1 Å². The highest BCUT2D eigenvalue weighted by molar-refractivity contribution is 7.10. The Morgan fingerprint density at radius 2 is 1.91 bits per heavy atom. The number of urea groups is 1. The summed E-state index contributed by atoms with van der Waals surface area (Å²) in [6.45, 7) is 13.8. The highest BCUT2D eigenvalue weighted by Crippen LogP contribution is 2.34. The first-order valence-corrected chi connectivity index (χ1v) is 13.0. The molecule has 1 aromatic heterocycles. The fourth-order valence-electron chi connectivity index (χ4n) is 4.00. The number of amides is 3. The monoisotopic (exact) mass is 485 g/mol. The molecule has 1 aromatic carbocycles. The number of nitrogens with one attached hydrogen (secondary N) is 1. The maximum atomic E-state index is 13.6. The molecule has 0 bridgehead atoms. The van der Waals surface area contributed by atoms with Crippen LogP contribution in [0.5, 0.6) is 5.75 Å². The number of thiophene rings is 1. The number of fused-ring (bicyclic) bond motifs is 1. The van der Waals surface area contributed by atoms with Crippen molar-refractivity contribution in [3.05, 3.63) is 51.7 Å². The summed E-state index contributed by atoms with van der Waals surface area (Å²) in [5.74, 6) is 1.20. The van der Waals surface area contributed by atoms with E-state index in [9.17, 15) is 9.59 Å². The molecule has 0 saturated carbocycles. The Balaban J connectivity index is 1.75. The smallest absolute Gasteiger partial charge is 0.318 e. The van der Waals surface area contributed by atoms with Crippen LogP contribution in [0.4, 0.5) is 4.79 Å². The summed E-state index contributed by atoms with van der Waals surface area (Å²) in [4.78, 5) is 31.4. The Morgan fingerprint density at radius 1 is 1.21 bits per heavy atom. The SMILES string of the molecule is Cc1ccc(OC[C@@H]2c3ccsc3CCN2C(=O)CN(CCC(C)C)C(=O)NC(C)(C)C)cc1.